The average Bonchev–Trinajstić information content (AvgIpc) is 2.16. The molecule has 0 aromatic heterocycles. The highest BCUT2D eigenvalue weighted by Gasteiger charge is 2.02. The highest BCUT2D eigenvalue weighted by Crippen LogP contribution is 2.14. The lowest BCUT2D eigenvalue weighted by molar-refractivity contribution is -0.455. The summed E-state index contributed by atoms with van der Waals surface area (Å²) in [6, 6.07) is 5.47. The molecule has 1 rings (SSSR count). The van der Waals surface area contributed by atoms with Gasteiger partial charge in [0.1, 0.15) is 6.61 Å². The number of benzene rings is 1. The van der Waals surface area contributed by atoms with Crippen molar-refractivity contribution in [2.75, 3.05) is 31.7 Å². The van der Waals surface area contributed by atoms with E-state index in [1.165, 1.54) is 0 Å². The van der Waals surface area contributed by atoms with E-state index in [9.17, 15) is 0 Å². The maximum absolute atomic E-state index is 5.75. The highest BCUT2D eigenvalue weighted by atomic mass is 16.5. The third-order valence-electron chi connectivity index (χ3n) is 1.87. The number of nitrogens with two attached hydrogens (primary N) is 2. The monoisotopic (exact) mass is 194 g/mol. The molecule has 0 saturated heterocycles. The molecule has 4 nitrogen and oxygen atoms in total. The summed E-state index contributed by atoms with van der Waals surface area (Å²) in [5.74, 6) is 0. The fourth-order valence-corrected chi connectivity index (χ4v) is 1.10. The van der Waals surface area contributed by atoms with Gasteiger partial charge in [-0.1, -0.05) is 6.07 Å². The van der Waals surface area contributed by atoms with Crippen LogP contribution in [0.3, 0.4) is 0 Å². The van der Waals surface area contributed by atoms with E-state index in [-0.39, 0.29) is 0 Å². The number of nitrogens with one attached hydrogen (secondary N) is 1. The molecule has 0 fully saturated rings. The van der Waals surface area contributed by atoms with Gasteiger partial charge in [0.05, 0.1) is 5.56 Å². The molecule has 0 saturated carbocycles. The summed E-state index contributed by atoms with van der Waals surface area (Å²) in [7, 11) is 1.66. The zero-order valence-corrected chi connectivity index (χ0v) is 8.29. The van der Waals surface area contributed by atoms with Gasteiger partial charge >= 0.3 is 0 Å². The molecule has 0 bridgehead atoms. The third kappa shape index (κ3) is 2.74. The Bertz CT molecular complexity index is 303. The van der Waals surface area contributed by atoms with Crippen LogP contribution in [0.25, 0.3) is 0 Å². The number of hydrogen-bond donors (Lipinski definition) is 3. The largest absolute Gasteiger partial charge is 0.398 e. The minimum Gasteiger partial charge on any atom is -0.398 e. The number of hydrogen-bond acceptors (Lipinski definition) is 3. The summed E-state index contributed by atoms with van der Waals surface area (Å²) >= 11 is 0. The van der Waals surface area contributed by atoms with Gasteiger partial charge in [0, 0.05) is 18.5 Å². The van der Waals surface area contributed by atoms with Crippen LogP contribution in [0.4, 0.5) is 11.4 Å². The lowest BCUT2D eigenvalue weighted by Crippen LogP contribution is -2.70. The van der Waals surface area contributed by atoms with Crippen LogP contribution in [0.15, 0.2) is 18.2 Å². The van der Waals surface area contributed by atoms with Crippen molar-refractivity contribution in [1.82, 2.24) is 0 Å². The summed E-state index contributed by atoms with van der Waals surface area (Å²) < 4.78 is 4.90. The molecule has 1 aromatic carbocycles. The van der Waals surface area contributed by atoms with Crippen LogP contribution in [-0.2, 0) is 4.74 Å². The molecule has 0 radical (unpaired) electrons. The molecule has 0 aliphatic rings. The summed E-state index contributed by atoms with van der Waals surface area (Å²) in [6.07, 6.45) is 1.81. The van der Waals surface area contributed by atoms with Gasteiger partial charge < -0.3 is 16.2 Å². The van der Waals surface area contributed by atoms with Crippen LogP contribution < -0.4 is 16.5 Å². The molecule has 0 spiro atoms. The van der Waals surface area contributed by atoms with Crippen molar-refractivity contribution in [1.29, 1.82) is 0 Å². The molecular weight excluding hydrogens is 178 g/mol. The van der Waals surface area contributed by atoms with Crippen molar-refractivity contribution in [3.05, 3.63) is 23.8 Å². The highest BCUT2D eigenvalue weighted by molar-refractivity contribution is 5.90. The van der Waals surface area contributed by atoms with Crippen molar-refractivity contribution >= 4 is 17.6 Å². The zero-order chi connectivity index (χ0) is 10.4. The molecule has 4 heteroatoms. The van der Waals surface area contributed by atoms with Crippen LogP contribution in [0.2, 0.25) is 0 Å². The van der Waals surface area contributed by atoms with Gasteiger partial charge in [-0.3, -0.25) is 0 Å². The van der Waals surface area contributed by atoms with Crippen molar-refractivity contribution in [2.45, 2.75) is 0 Å². The van der Waals surface area contributed by atoms with Crippen molar-refractivity contribution < 1.29 is 9.73 Å². The molecule has 14 heavy (non-hydrogen) atoms. The molecule has 5 N–H and O–H groups in total. The fraction of sp³-hybridized carbons (Fsp3) is 0.300. The second kappa shape index (κ2) is 5.24. The smallest absolute Gasteiger partial charge is 0.173 e. The predicted molar refractivity (Wildman–Crippen MR) is 58.1 cm³/mol. The Kier molecular flexibility index (Phi) is 3.94. The number of rotatable bonds is 4. The summed E-state index contributed by atoms with van der Waals surface area (Å²) in [4.78, 5) is 3.07. The van der Waals surface area contributed by atoms with Gasteiger partial charge in [0.2, 0.25) is 0 Å². The number of ether oxygens (including phenoxy) is 1. The van der Waals surface area contributed by atoms with Gasteiger partial charge in [0.25, 0.3) is 0 Å². The number of methoxy groups -OCH3 is 1. The Hall–Kier alpha value is -1.55. The molecule has 76 valence electrons. The first-order valence-corrected chi connectivity index (χ1v) is 4.45. The molecule has 0 aliphatic carbocycles. The summed E-state index contributed by atoms with van der Waals surface area (Å²) in [6.45, 7) is 1.40. The first-order chi connectivity index (χ1) is 6.75. The topological polar surface area (TPSA) is 75.2 Å². The predicted octanol–water partition coefficient (Wildman–Crippen LogP) is -1.00. The van der Waals surface area contributed by atoms with E-state index in [0.29, 0.717) is 18.0 Å². The lowest BCUT2D eigenvalue weighted by atomic mass is 10.1. The second-order valence-corrected chi connectivity index (χ2v) is 2.94. The molecule has 0 unspecified atom stereocenters. The Morgan fingerprint density at radius 2 is 2.00 bits per heavy atom. The van der Waals surface area contributed by atoms with Gasteiger partial charge in [-0.05, 0) is 12.1 Å². The Morgan fingerprint density at radius 1 is 1.36 bits per heavy atom. The number of anilines is 2. The Labute approximate surface area is 83.6 Å². The first kappa shape index (κ1) is 10.5. The fourth-order valence-electron chi connectivity index (χ4n) is 1.10. The van der Waals surface area contributed by atoms with Crippen LogP contribution in [0.1, 0.15) is 5.56 Å². The quantitative estimate of drug-likeness (QED) is 0.327. The maximum Gasteiger partial charge on any atom is 0.173 e. The summed E-state index contributed by atoms with van der Waals surface area (Å²) in [5, 5.41) is 0. The molecule has 0 heterocycles. The number of nitrogen functional groups attached to an aromatic ring is 2. The molecule has 1 aromatic rings. The van der Waals surface area contributed by atoms with Gasteiger partial charge in [0.15, 0.2) is 12.8 Å². The van der Waals surface area contributed by atoms with Gasteiger partial charge in [-0.15, -0.1) is 0 Å². The first-order valence-electron chi connectivity index (χ1n) is 4.45. The molecular formula is C10H16N3O+. The van der Waals surface area contributed by atoms with Crippen molar-refractivity contribution in [3.8, 4) is 0 Å². The molecule has 0 atom stereocenters. The van der Waals surface area contributed by atoms with E-state index < -0.39 is 0 Å². The van der Waals surface area contributed by atoms with E-state index >= 15 is 0 Å². The maximum atomic E-state index is 5.75. The van der Waals surface area contributed by atoms with Crippen LogP contribution in [0, 0.1) is 0 Å². The van der Waals surface area contributed by atoms with E-state index in [4.69, 9.17) is 16.2 Å². The zero-order valence-electron chi connectivity index (χ0n) is 8.29. The Balaban J connectivity index is 2.70. The summed E-state index contributed by atoms with van der Waals surface area (Å²) in [5.41, 5.74) is 13.7. The second-order valence-electron chi connectivity index (χ2n) is 2.94. The van der Waals surface area contributed by atoms with Gasteiger partial charge in [-0.2, -0.15) is 0 Å². The van der Waals surface area contributed by atoms with Gasteiger partial charge in [-0.25, -0.2) is 4.99 Å². The van der Waals surface area contributed by atoms with E-state index in [2.05, 4.69) is 4.99 Å². The van der Waals surface area contributed by atoms with Crippen LogP contribution in [-0.4, -0.2) is 26.5 Å². The van der Waals surface area contributed by atoms with E-state index in [1.807, 2.05) is 24.4 Å². The normalized spacial score (nSPS) is 10.9. The minimum atomic E-state index is 0.656. The average molecular weight is 194 g/mol. The van der Waals surface area contributed by atoms with E-state index in [0.717, 1.165) is 12.1 Å². The molecule has 0 amide bonds. The Morgan fingerprint density at radius 3 is 2.57 bits per heavy atom. The minimum absolute atomic E-state index is 0.656. The SMILES string of the molecule is COCC[NH+]=Cc1c(N)cccc1N. The standard InChI is InChI=1S/C10H15N3O/c1-14-6-5-13-7-8-9(11)3-2-4-10(8)12/h2-4,7H,5-6,11-12H2,1H3/p+1. The van der Waals surface area contributed by atoms with Crippen LogP contribution in [0.5, 0.6) is 0 Å². The lowest BCUT2D eigenvalue weighted by Gasteiger charge is -2.00. The van der Waals surface area contributed by atoms with E-state index in [1.54, 1.807) is 7.11 Å². The van der Waals surface area contributed by atoms with Crippen LogP contribution >= 0.6 is 0 Å². The molecule has 0 aliphatic heterocycles. The third-order valence-corrected chi connectivity index (χ3v) is 1.87. The van der Waals surface area contributed by atoms with Crippen molar-refractivity contribution in [2.24, 2.45) is 0 Å². The van der Waals surface area contributed by atoms with Crippen molar-refractivity contribution in [3.63, 3.8) is 0 Å².